The minimum absolute atomic E-state index is 0.323. The van der Waals surface area contributed by atoms with Gasteiger partial charge in [0.2, 0.25) is 0 Å². The minimum Gasteiger partial charge on any atom is -0.465 e. The normalized spacial score (nSPS) is 10.7. The van der Waals surface area contributed by atoms with Crippen LogP contribution in [0.3, 0.4) is 0 Å². The highest BCUT2D eigenvalue weighted by atomic mass is 16.5. The SMILES string of the molecule is COC(=O)c1cccc(NC(=O)c2cnn(-c3ccc4ccccc4n3)c2C)c1. The molecule has 0 unspecified atom stereocenters. The molecule has 0 saturated heterocycles. The maximum Gasteiger partial charge on any atom is 0.337 e. The van der Waals surface area contributed by atoms with Gasteiger partial charge in [-0.25, -0.2) is 14.5 Å². The number of fused-ring (bicyclic) bond motifs is 1. The molecule has 0 radical (unpaired) electrons. The zero-order valence-electron chi connectivity index (χ0n) is 15.9. The van der Waals surface area contributed by atoms with Gasteiger partial charge in [-0.3, -0.25) is 4.79 Å². The number of amides is 1. The van der Waals surface area contributed by atoms with Crippen LogP contribution >= 0.6 is 0 Å². The van der Waals surface area contributed by atoms with Crippen LogP contribution in [0, 0.1) is 6.92 Å². The molecule has 7 heteroatoms. The molecule has 1 N–H and O–H groups in total. The highest BCUT2D eigenvalue weighted by Gasteiger charge is 2.17. The van der Waals surface area contributed by atoms with Crippen molar-refractivity contribution in [2.45, 2.75) is 6.92 Å². The van der Waals surface area contributed by atoms with Crippen molar-refractivity contribution in [3.05, 3.63) is 83.7 Å². The predicted octanol–water partition coefficient (Wildman–Crippen LogP) is 3.77. The Hall–Kier alpha value is -4.00. The van der Waals surface area contributed by atoms with E-state index in [0.717, 1.165) is 10.9 Å². The zero-order valence-corrected chi connectivity index (χ0v) is 15.9. The first-order valence-corrected chi connectivity index (χ1v) is 8.97. The molecule has 0 saturated carbocycles. The van der Waals surface area contributed by atoms with Crippen molar-refractivity contribution in [2.75, 3.05) is 12.4 Å². The molecule has 2 aromatic heterocycles. The second-order valence-corrected chi connectivity index (χ2v) is 6.44. The first-order valence-electron chi connectivity index (χ1n) is 8.97. The van der Waals surface area contributed by atoms with Gasteiger partial charge >= 0.3 is 5.97 Å². The fourth-order valence-electron chi connectivity index (χ4n) is 3.08. The highest BCUT2D eigenvalue weighted by molar-refractivity contribution is 6.05. The monoisotopic (exact) mass is 386 g/mol. The van der Waals surface area contributed by atoms with Crippen LogP contribution in [0.5, 0.6) is 0 Å². The summed E-state index contributed by atoms with van der Waals surface area (Å²) in [5.74, 6) is -0.156. The number of nitrogens with one attached hydrogen (secondary N) is 1. The van der Waals surface area contributed by atoms with Crippen LogP contribution < -0.4 is 5.32 Å². The molecule has 0 spiro atoms. The number of para-hydroxylation sites is 1. The maximum atomic E-state index is 12.7. The molecule has 0 aliphatic heterocycles. The van der Waals surface area contributed by atoms with Crippen LogP contribution in [0.25, 0.3) is 16.7 Å². The fraction of sp³-hybridized carbons (Fsp3) is 0.0909. The third kappa shape index (κ3) is 3.58. The summed E-state index contributed by atoms with van der Waals surface area (Å²) in [6.45, 7) is 1.81. The van der Waals surface area contributed by atoms with Gasteiger partial charge in [0.05, 0.1) is 35.6 Å². The Morgan fingerprint density at radius 2 is 1.86 bits per heavy atom. The number of esters is 1. The number of ether oxygens (including phenoxy) is 1. The Morgan fingerprint density at radius 1 is 1.03 bits per heavy atom. The molecule has 4 rings (SSSR count). The second kappa shape index (κ2) is 7.55. The van der Waals surface area contributed by atoms with Crippen molar-refractivity contribution in [1.82, 2.24) is 14.8 Å². The number of carbonyl (C=O) groups is 2. The van der Waals surface area contributed by atoms with Gasteiger partial charge in [-0.15, -0.1) is 0 Å². The lowest BCUT2D eigenvalue weighted by Crippen LogP contribution is -2.14. The third-order valence-electron chi connectivity index (χ3n) is 4.60. The summed E-state index contributed by atoms with van der Waals surface area (Å²) >= 11 is 0. The van der Waals surface area contributed by atoms with E-state index in [1.54, 1.807) is 28.9 Å². The number of carbonyl (C=O) groups excluding carboxylic acids is 2. The summed E-state index contributed by atoms with van der Waals surface area (Å²) in [6.07, 6.45) is 1.51. The molecule has 0 aliphatic carbocycles. The summed E-state index contributed by atoms with van der Waals surface area (Å²) in [4.78, 5) is 29.0. The van der Waals surface area contributed by atoms with Gasteiger partial charge in [0.15, 0.2) is 5.82 Å². The van der Waals surface area contributed by atoms with E-state index in [2.05, 4.69) is 15.4 Å². The summed E-state index contributed by atoms with van der Waals surface area (Å²) < 4.78 is 6.34. The number of aromatic nitrogens is 3. The molecule has 4 aromatic rings. The van der Waals surface area contributed by atoms with Crippen molar-refractivity contribution < 1.29 is 14.3 Å². The largest absolute Gasteiger partial charge is 0.465 e. The van der Waals surface area contributed by atoms with E-state index < -0.39 is 5.97 Å². The standard InChI is InChI=1S/C22H18N4O3/c1-14-18(21(27)24-17-8-5-7-16(12-17)22(28)29-2)13-23-26(14)20-11-10-15-6-3-4-9-19(15)25-20/h3-13H,1-2H3,(H,24,27). The molecule has 0 aliphatic rings. The van der Waals surface area contributed by atoms with E-state index in [4.69, 9.17) is 4.74 Å². The van der Waals surface area contributed by atoms with Gasteiger partial charge in [-0.2, -0.15) is 5.10 Å². The fourth-order valence-corrected chi connectivity index (χ4v) is 3.08. The number of anilines is 1. The Kier molecular flexibility index (Phi) is 4.78. The quantitative estimate of drug-likeness (QED) is 0.540. The third-order valence-corrected chi connectivity index (χ3v) is 4.60. The predicted molar refractivity (Wildman–Crippen MR) is 109 cm³/mol. The number of methoxy groups -OCH3 is 1. The molecular weight excluding hydrogens is 368 g/mol. The number of benzene rings is 2. The molecule has 1 amide bonds. The number of nitrogens with zero attached hydrogens (tertiary/aromatic N) is 3. The average Bonchev–Trinajstić information content (AvgIpc) is 3.14. The van der Waals surface area contributed by atoms with Crippen LogP contribution in [0.4, 0.5) is 5.69 Å². The second-order valence-electron chi connectivity index (χ2n) is 6.44. The van der Waals surface area contributed by atoms with E-state index >= 15 is 0 Å². The van der Waals surface area contributed by atoms with Gasteiger partial charge in [-0.1, -0.05) is 24.3 Å². The number of pyridine rings is 1. The summed E-state index contributed by atoms with van der Waals surface area (Å²) in [5, 5.41) is 8.16. The Balaban J connectivity index is 1.61. The van der Waals surface area contributed by atoms with Gasteiger partial charge in [0, 0.05) is 11.1 Å². The highest BCUT2D eigenvalue weighted by Crippen LogP contribution is 2.19. The van der Waals surface area contributed by atoms with Crippen LogP contribution in [-0.4, -0.2) is 33.8 Å². The van der Waals surface area contributed by atoms with Gasteiger partial charge < -0.3 is 10.1 Å². The van der Waals surface area contributed by atoms with Crippen molar-refractivity contribution in [1.29, 1.82) is 0 Å². The minimum atomic E-state index is -0.465. The molecule has 2 heterocycles. The van der Waals surface area contributed by atoms with Crippen LogP contribution in [-0.2, 0) is 4.74 Å². The lowest BCUT2D eigenvalue weighted by Gasteiger charge is -2.08. The molecule has 7 nitrogen and oxygen atoms in total. The van der Waals surface area contributed by atoms with E-state index in [1.165, 1.54) is 13.3 Å². The number of hydrogen-bond acceptors (Lipinski definition) is 5. The summed E-state index contributed by atoms with van der Waals surface area (Å²) in [7, 11) is 1.31. The number of hydrogen-bond donors (Lipinski definition) is 1. The molecule has 0 bridgehead atoms. The van der Waals surface area contributed by atoms with E-state index in [0.29, 0.717) is 28.3 Å². The van der Waals surface area contributed by atoms with Crippen LogP contribution in [0.15, 0.2) is 66.9 Å². The zero-order chi connectivity index (χ0) is 20.4. The van der Waals surface area contributed by atoms with Gasteiger partial charge in [0.1, 0.15) is 0 Å². The molecule has 2 aromatic carbocycles. The lowest BCUT2D eigenvalue weighted by molar-refractivity contribution is 0.0600. The van der Waals surface area contributed by atoms with E-state index in [9.17, 15) is 9.59 Å². The van der Waals surface area contributed by atoms with Crippen molar-refractivity contribution >= 4 is 28.5 Å². The van der Waals surface area contributed by atoms with E-state index in [-0.39, 0.29) is 5.91 Å². The summed E-state index contributed by atoms with van der Waals surface area (Å²) in [6, 6.07) is 18.2. The molecule has 29 heavy (non-hydrogen) atoms. The van der Waals surface area contributed by atoms with Gasteiger partial charge in [-0.05, 0) is 43.3 Å². The van der Waals surface area contributed by atoms with Crippen LogP contribution in [0.2, 0.25) is 0 Å². The van der Waals surface area contributed by atoms with Crippen LogP contribution in [0.1, 0.15) is 26.4 Å². The lowest BCUT2D eigenvalue weighted by atomic mass is 10.2. The summed E-state index contributed by atoms with van der Waals surface area (Å²) in [5.41, 5.74) is 2.79. The number of rotatable bonds is 4. The Labute approximate surface area is 167 Å². The molecule has 144 valence electrons. The van der Waals surface area contributed by atoms with Crippen molar-refractivity contribution in [3.8, 4) is 5.82 Å². The first kappa shape index (κ1) is 18.4. The first-order chi connectivity index (χ1) is 14.1. The van der Waals surface area contributed by atoms with Crippen molar-refractivity contribution in [2.24, 2.45) is 0 Å². The molecule has 0 fully saturated rings. The van der Waals surface area contributed by atoms with Gasteiger partial charge in [0.25, 0.3) is 5.91 Å². The topological polar surface area (TPSA) is 86.1 Å². The smallest absolute Gasteiger partial charge is 0.337 e. The maximum absolute atomic E-state index is 12.7. The Bertz CT molecular complexity index is 1230. The molecule has 0 atom stereocenters. The average molecular weight is 386 g/mol. The van der Waals surface area contributed by atoms with E-state index in [1.807, 2.05) is 43.3 Å². The molecular formula is C22H18N4O3. The Morgan fingerprint density at radius 3 is 2.69 bits per heavy atom. The van der Waals surface area contributed by atoms with Crippen molar-refractivity contribution in [3.63, 3.8) is 0 Å².